The van der Waals surface area contributed by atoms with Gasteiger partial charge in [-0.3, -0.25) is 0 Å². The van der Waals surface area contributed by atoms with Crippen LogP contribution in [0.5, 0.6) is 0 Å². The summed E-state index contributed by atoms with van der Waals surface area (Å²) in [6, 6.07) is 0. The van der Waals surface area contributed by atoms with Crippen LogP contribution in [0.1, 0.15) is 6.92 Å². The van der Waals surface area contributed by atoms with E-state index in [0.717, 1.165) is 17.6 Å². The largest absolute Gasteiger partial charge is 1.00 e. The van der Waals surface area contributed by atoms with Gasteiger partial charge < -0.3 is 27.7 Å². The third-order valence-corrected chi connectivity index (χ3v) is 0.800. The van der Waals surface area contributed by atoms with Gasteiger partial charge in [0.05, 0.1) is 27.7 Å². The summed E-state index contributed by atoms with van der Waals surface area (Å²) in [4.78, 5) is 0. The predicted molar refractivity (Wildman–Crippen MR) is 52.0 cm³/mol. The van der Waals surface area contributed by atoms with Crippen LogP contribution in [-0.4, -0.2) is 50.4 Å². The molecule has 0 spiro atoms. The van der Waals surface area contributed by atoms with Crippen molar-refractivity contribution in [3.05, 3.63) is 0 Å². The first-order valence-corrected chi connectivity index (χ1v) is 3.59. The number of likely N-dealkylation sites (N-methyl/N-ethyl adjacent to an activating group) is 1. The van der Waals surface area contributed by atoms with Gasteiger partial charge in [-0.25, -0.2) is 0 Å². The Bertz CT molecular complexity index is 66.9. The molecule has 0 unspecified atom stereocenters. The fraction of sp³-hybridized carbons (Fsp3) is 1.00. The molecule has 12 heavy (non-hydrogen) atoms. The highest BCUT2D eigenvalue weighted by Crippen LogP contribution is 1.83. The van der Waals surface area contributed by atoms with E-state index in [0.29, 0.717) is 0 Å². The average molecular weight is 221 g/mol. The summed E-state index contributed by atoms with van der Waals surface area (Å²) < 4.78 is 0.969. The second kappa shape index (κ2) is 14.0. The van der Waals surface area contributed by atoms with Gasteiger partial charge in [-0.05, 0) is 6.92 Å². The van der Waals surface area contributed by atoms with Crippen molar-refractivity contribution in [1.29, 1.82) is 0 Å². The Labute approximate surface area is 88.3 Å². The highest BCUT2D eigenvalue weighted by atomic mass is 35.5. The Morgan fingerprint density at radius 1 is 1.25 bits per heavy atom. The smallest absolute Gasteiger partial charge is 0.0905 e. The summed E-state index contributed by atoms with van der Waals surface area (Å²) in [5, 5.41) is 7.57. The Morgan fingerprint density at radius 3 is 1.50 bits per heavy atom. The fourth-order valence-electron chi connectivity index (χ4n) is 0.387. The number of nitrogens with zero attached hydrogens (tertiary/aromatic N) is 1. The molecular formula is C7H22Cl2N2O. The number of halogens is 2. The zero-order valence-corrected chi connectivity index (χ0v) is 9.95. The zero-order chi connectivity index (χ0) is 8.62. The molecule has 0 saturated heterocycles. The van der Waals surface area contributed by atoms with Gasteiger partial charge in [-0.2, -0.15) is 0 Å². The quantitative estimate of drug-likeness (QED) is 0.491. The maximum atomic E-state index is 7.57. The van der Waals surface area contributed by atoms with E-state index >= 15 is 0 Å². The minimum Gasteiger partial charge on any atom is -1.00 e. The van der Waals surface area contributed by atoms with Crippen LogP contribution in [0.4, 0.5) is 0 Å². The zero-order valence-electron chi connectivity index (χ0n) is 8.38. The molecule has 0 fully saturated rings. The SMILES string of the molecule is CCO.C[N+](C)(C)CCN.Cl.[Cl-]. The van der Waals surface area contributed by atoms with E-state index in [2.05, 4.69) is 21.1 Å². The topological polar surface area (TPSA) is 46.2 Å². The first-order chi connectivity index (χ1) is 4.47. The molecule has 0 aromatic rings. The highest BCUT2D eigenvalue weighted by molar-refractivity contribution is 5.85. The van der Waals surface area contributed by atoms with Crippen molar-refractivity contribution in [2.24, 2.45) is 5.73 Å². The maximum Gasteiger partial charge on any atom is 0.0905 e. The number of hydrogen-bond donors (Lipinski definition) is 2. The molecule has 0 amide bonds. The lowest BCUT2D eigenvalue weighted by Gasteiger charge is -2.22. The van der Waals surface area contributed by atoms with Crippen LogP contribution in [0.3, 0.4) is 0 Å². The average Bonchev–Trinajstić information content (AvgIpc) is 1.63. The van der Waals surface area contributed by atoms with E-state index in [-0.39, 0.29) is 31.4 Å². The monoisotopic (exact) mass is 220 g/mol. The summed E-state index contributed by atoms with van der Waals surface area (Å²) >= 11 is 0. The molecule has 0 aliphatic rings. The summed E-state index contributed by atoms with van der Waals surface area (Å²) in [5.74, 6) is 0. The Kier molecular flexibility index (Phi) is 26.7. The van der Waals surface area contributed by atoms with Gasteiger partial charge in [0.1, 0.15) is 0 Å². The lowest BCUT2D eigenvalue weighted by atomic mass is 10.5. The molecule has 0 rings (SSSR count). The maximum absolute atomic E-state index is 7.57. The van der Waals surface area contributed by atoms with Crippen LogP contribution in [0.25, 0.3) is 0 Å². The van der Waals surface area contributed by atoms with E-state index in [9.17, 15) is 0 Å². The molecule has 0 saturated carbocycles. The van der Waals surface area contributed by atoms with Crippen molar-refractivity contribution >= 4 is 12.4 Å². The molecule has 3 N–H and O–H groups in total. The van der Waals surface area contributed by atoms with E-state index in [1.54, 1.807) is 6.92 Å². The normalized spacial score (nSPS) is 8.50. The van der Waals surface area contributed by atoms with Crippen LogP contribution >= 0.6 is 12.4 Å². The first kappa shape index (κ1) is 22.9. The van der Waals surface area contributed by atoms with Crippen molar-refractivity contribution in [1.82, 2.24) is 0 Å². The molecular weight excluding hydrogens is 199 g/mol. The van der Waals surface area contributed by atoms with Crippen molar-refractivity contribution in [3.63, 3.8) is 0 Å². The van der Waals surface area contributed by atoms with Gasteiger partial charge in [0.15, 0.2) is 0 Å². The van der Waals surface area contributed by atoms with E-state index in [4.69, 9.17) is 10.8 Å². The highest BCUT2D eigenvalue weighted by Gasteiger charge is 2.01. The van der Waals surface area contributed by atoms with E-state index in [1.165, 1.54) is 0 Å². The standard InChI is InChI=1S/C5H15N2.C2H6O.2ClH/c1-7(2,3)5-4-6;1-2-3;;/h4-6H2,1-3H3;3H,2H2,1H3;2*1H/q+1;;;/p-1. The van der Waals surface area contributed by atoms with Gasteiger partial charge in [-0.15, -0.1) is 12.4 Å². The third-order valence-electron chi connectivity index (χ3n) is 0.800. The van der Waals surface area contributed by atoms with Crippen LogP contribution < -0.4 is 18.1 Å². The van der Waals surface area contributed by atoms with Gasteiger partial charge in [0, 0.05) is 13.2 Å². The van der Waals surface area contributed by atoms with Gasteiger partial charge in [0.25, 0.3) is 0 Å². The van der Waals surface area contributed by atoms with Crippen LogP contribution in [0, 0.1) is 0 Å². The molecule has 0 atom stereocenters. The predicted octanol–water partition coefficient (Wildman–Crippen LogP) is -2.92. The number of nitrogens with two attached hydrogens (primary N) is 1. The van der Waals surface area contributed by atoms with Gasteiger partial charge in [-0.1, -0.05) is 0 Å². The van der Waals surface area contributed by atoms with E-state index < -0.39 is 0 Å². The number of quaternary nitrogens is 1. The fourth-order valence-corrected chi connectivity index (χ4v) is 0.387. The Morgan fingerprint density at radius 2 is 1.50 bits per heavy atom. The molecule has 0 aromatic carbocycles. The van der Waals surface area contributed by atoms with Gasteiger partial charge in [0.2, 0.25) is 0 Å². The van der Waals surface area contributed by atoms with Crippen LogP contribution in [0.15, 0.2) is 0 Å². The Balaban J connectivity index is -0.0000000569. The molecule has 0 aliphatic heterocycles. The summed E-state index contributed by atoms with van der Waals surface area (Å²) in [6.45, 7) is 3.77. The second-order valence-electron chi connectivity index (χ2n) is 3.12. The third kappa shape index (κ3) is 47.1. The molecule has 0 aliphatic carbocycles. The molecule has 0 aromatic heterocycles. The molecule has 0 bridgehead atoms. The number of rotatable bonds is 2. The van der Waals surface area contributed by atoms with Crippen LogP contribution in [0.2, 0.25) is 0 Å². The number of hydrogen-bond acceptors (Lipinski definition) is 2. The Hall–Kier alpha value is 0.460. The first-order valence-electron chi connectivity index (χ1n) is 3.59. The molecule has 0 heterocycles. The number of aliphatic hydroxyl groups excluding tert-OH is 1. The lowest BCUT2D eigenvalue weighted by Crippen LogP contribution is -3.00. The molecule has 80 valence electrons. The summed E-state index contributed by atoms with van der Waals surface area (Å²) in [5.41, 5.74) is 5.30. The molecule has 0 radical (unpaired) electrons. The van der Waals surface area contributed by atoms with Crippen molar-refractivity contribution < 1.29 is 22.0 Å². The van der Waals surface area contributed by atoms with Gasteiger partial charge >= 0.3 is 0 Å². The minimum absolute atomic E-state index is 0. The minimum atomic E-state index is 0. The summed E-state index contributed by atoms with van der Waals surface area (Å²) in [7, 11) is 6.40. The molecule has 5 heteroatoms. The van der Waals surface area contributed by atoms with Crippen molar-refractivity contribution in [2.75, 3.05) is 40.8 Å². The van der Waals surface area contributed by atoms with E-state index in [1.807, 2.05) is 0 Å². The lowest BCUT2D eigenvalue weighted by molar-refractivity contribution is -0.868. The van der Waals surface area contributed by atoms with Crippen LogP contribution in [-0.2, 0) is 0 Å². The molecule has 3 nitrogen and oxygen atoms in total. The number of aliphatic hydroxyl groups is 1. The summed E-state index contributed by atoms with van der Waals surface area (Å²) in [6.07, 6.45) is 0. The van der Waals surface area contributed by atoms with Crippen molar-refractivity contribution in [3.8, 4) is 0 Å². The van der Waals surface area contributed by atoms with Crippen molar-refractivity contribution in [2.45, 2.75) is 6.92 Å². The second-order valence-corrected chi connectivity index (χ2v) is 3.12.